The number of aliphatic hydroxyl groups excluding tert-OH is 1. The van der Waals surface area contributed by atoms with Crippen molar-refractivity contribution in [1.29, 1.82) is 0 Å². The van der Waals surface area contributed by atoms with Gasteiger partial charge in [-0.25, -0.2) is 0 Å². The van der Waals surface area contributed by atoms with Crippen molar-refractivity contribution < 1.29 is 19.4 Å². The molecule has 3 aromatic carbocycles. The minimum Gasteiger partial charge on any atom is -0.507 e. The molecule has 1 N–H and O–H groups in total. The normalized spacial score (nSPS) is 17.2. The molecule has 0 bridgehead atoms. The van der Waals surface area contributed by atoms with E-state index in [0.717, 1.165) is 16.8 Å². The van der Waals surface area contributed by atoms with Gasteiger partial charge in [0, 0.05) is 31.0 Å². The van der Waals surface area contributed by atoms with Gasteiger partial charge in [-0.3, -0.25) is 14.5 Å². The number of carbonyl (C=O) groups is 2. The zero-order chi connectivity index (χ0) is 25.3. The molecule has 0 aliphatic carbocycles. The van der Waals surface area contributed by atoms with Crippen LogP contribution in [0.15, 0.2) is 78.4 Å². The monoisotopic (exact) mass is 470 g/mol. The molecule has 35 heavy (non-hydrogen) atoms. The fraction of sp³-hybridized carbons (Fsp3) is 0.241. The fourth-order valence-electron chi connectivity index (χ4n) is 4.31. The van der Waals surface area contributed by atoms with E-state index in [-0.39, 0.29) is 11.3 Å². The number of Topliss-reactive ketones (excluding diaryl/α,β-unsaturated/α-hetero) is 1. The topological polar surface area (TPSA) is 70.1 Å². The second-order valence-electron chi connectivity index (χ2n) is 9.13. The van der Waals surface area contributed by atoms with E-state index in [0.29, 0.717) is 22.9 Å². The van der Waals surface area contributed by atoms with Gasteiger partial charge in [-0.1, -0.05) is 50.2 Å². The van der Waals surface area contributed by atoms with Crippen molar-refractivity contribution >= 4 is 28.8 Å². The minimum atomic E-state index is -0.771. The summed E-state index contributed by atoms with van der Waals surface area (Å²) in [6, 6.07) is 21.3. The number of methoxy groups -OCH3 is 1. The number of hydrogen-bond donors (Lipinski definition) is 1. The van der Waals surface area contributed by atoms with Gasteiger partial charge in [0.2, 0.25) is 0 Å². The third-order valence-corrected chi connectivity index (χ3v) is 6.35. The molecule has 180 valence electrons. The van der Waals surface area contributed by atoms with Gasteiger partial charge in [0.1, 0.15) is 11.5 Å². The molecule has 1 heterocycles. The van der Waals surface area contributed by atoms with Crippen LogP contribution in [0.3, 0.4) is 0 Å². The van der Waals surface area contributed by atoms with E-state index in [1.165, 1.54) is 12.0 Å². The number of carbonyl (C=O) groups excluding carboxylic acids is 2. The number of nitrogens with zero attached hydrogens (tertiary/aromatic N) is 2. The molecular formula is C29H30N2O4. The lowest BCUT2D eigenvalue weighted by Gasteiger charge is -2.26. The van der Waals surface area contributed by atoms with E-state index in [9.17, 15) is 14.7 Å². The predicted molar refractivity (Wildman–Crippen MR) is 139 cm³/mol. The van der Waals surface area contributed by atoms with E-state index in [1.54, 1.807) is 24.3 Å². The molecular weight excluding hydrogens is 440 g/mol. The maximum absolute atomic E-state index is 13.3. The quantitative estimate of drug-likeness (QED) is 0.292. The van der Waals surface area contributed by atoms with Crippen molar-refractivity contribution in [3.05, 3.63) is 95.1 Å². The summed E-state index contributed by atoms with van der Waals surface area (Å²) in [7, 11) is 5.41. The standard InChI is InChI=1S/C29H30N2O4/c1-18(2)19-9-11-20(12-10-19)26-25(27(32)21-7-6-8-24(17-21)35-5)28(33)29(34)31(26)23-15-13-22(14-16-23)30(3)4/h6-18,26,32H,1-5H3/b27-25+. The van der Waals surface area contributed by atoms with E-state index in [2.05, 4.69) is 13.8 Å². The van der Waals surface area contributed by atoms with Crippen LogP contribution in [0, 0.1) is 0 Å². The maximum atomic E-state index is 13.3. The van der Waals surface area contributed by atoms with Crippen LogP contribution in [0.4, 0.5) is 11.4 Å². The molecule has 1 aliphatic heterocycles. The van der Waals surface area contributed by atoms with Crippen LogP contribution in [0.25, 0.3) is 5.76 Å². The molecule has 1 unspecified atom stereocenters. The molecule has 1 saturated heterocycles. The van der Waals surface area contributed by atoms with E-state index in [1.807, 2.05) is 67.5 Å². The average molecular weight is 471 g/mol. The number of anilines is 2. The lowest BCUT2D eigenvalue weighted by Crippen LogP contribution is -2.29. The molecule has 4 rings (SSSR count). The number of ketones is 1. The van der Waals surface area contributed by atoms with Crippen molar-refractivity contribution in [2.75, 3.05) is 31.0 Å². The van der Waals surface area contributed by atoms with E-state index >= 15 is 0 Å². The Morgan fingerprint density at radius 1 is 0.971 bits per heavy atom. The number of aliphatic hydroxyl groups is 1. The summed E-state index contributed by atoms with van der Waals surface area (Å²) in [5, 5.41) is 11.3. The third-order valence-electron chi connectivity index (χ3n) is 6.35. The van der Waals surface area contributed by atoms with Crippen molar-refractivity contribution in [2.24, 2.45) is 0 Å². The molecule has 6 nitrogen and oxygen atoms in total. The summed E-state index contributed by atoms with van der Waals surface area (Å²) in [4.78, 5) is 30.1. The summed E-state index contributed by atoms with van der Waals surface area (Å²) in [6.45, 7) is 4.21. The molecule has 1 atom stereocenters. The van der Waals surface area contributed by atoms with Crippen LogP contribution >= 0.6 is 0 Å². The van der Waals surface area contributed by atoms with Crippen molar-refractivity contribution in [3.63, 3.8) is 0 Å². The Balaban J connectivity index is 1.90. The van der Waals surface area contributed by atoms with Gasteiger partial charge in [-0.15, -0.1) is 0 Å². The van der Waals surface area contributed by atoms with Gasteiger partial charge in [0.15, 0.2) is 0 Å². The molecule has 0 radical (unpaired) electrons. The SMILES string of the molecule is COc1cccc(/C(O)=C2\C(=O)C(=O)N(c3ccc(N(C)C)cc3)C2c2ccc(C(C)C)cc2)c1. The number of hydrogen-bond acceptors (Lipinski definition) is 5. The first kappa shape index (κ1) is 24.1. The zero-order valence-electron chi connectivity index (χ0n) is 20.6. The minimum absolute atomic E-state index is 0.0530. The number of amides is 1. The van der Waals surface area contributed by atoms with E-state index in [4.69, 9.17) is 4.74 Å². The van der Waals surface area contributed by atoms with E-state index < -0.39 is 17.7 Å². The lowest BCUT2D eigenvalue weighted by molar-refractivity contribution is -0.132. The smallest absolute Gasteiger partial charge is 0.300 e. The van der Waals surface area contributed by atoms with Crippen molar-refractivity contribution in [3.8, 4) is 5.75 Å². The number of ether oxygens (including phenoxy) is 1. The Bertz CT molecular complexity index is 1270. The molecule has 6 heteroatoms. The molecule has 1 fully saturated rings. The summed E-state index contributed by atoms with van der Waals surface area (Å²) in [5.74, 6) is -0.747. The number of benzene rings is 3. The Morgan fingerprint density at radius 3 is 2.20 bits per heavy atom. The molecule has 1 aliphatic rings. The summed E-state index contributed by atoms with van der Waals surface area (Å²) in [5.41, 5.74) is 3.91. The Hall–Kier alpha value is -4.06. The lowest BCUT2D eigenvalue weighted by atomic mass is 9.93. The van der Waals surface area contributed by atoms with Crippen molar-refractivity contribution in [1.82, 2.24) is 0 Å². The summed E-state index contributed by atoms with van der Waals surface area (Å²) >= 11 is 0. The second kappa shape index (κ2) is 9.66. The highest BCUT2D eigenvalue weighted by atomic mass is 16.5. The second-order valence-corrected chi connectivity index (χ2v) is 9.13. The van der Waals surface area contributed by atoms with Gasteiger partial charge in [0.05, 0.1) is 18.7 Å². The highest BCUT2D eigenvalue weighted by Crippen LogP contribution is 2.43. The Kier molecular flexibility index (Phi) is 6.65. The highest BCUT2D eigenvalue weighted by Gasteiger charge is 2.47. The van der Waals surface area contributed by atoms with Crippen LogP contribution < -0.4 is 14.5 Å². The Labute approximate surface area is 206 Å². The number of rotatable bonds is 6. The average Bonchev–Trinajstić information content (AvgIpc) is 3.13. The van der Waals surface area contributed by atoms with Crippen molar-refractivity contribution in [2.45, 2.75) is 25.8 Å². The van der Waals surface area contributed by atoms with Gasteiger partial charge in [-0.05, 0) is 53.4 Å². The zero-order valence-corrected chi connectivity index (χ0v) is 20.6. The fourth-order valence-corrected chi connectivity index (χ4v) is 4.31. The molecule has 0 aromatic heterocycles. The van der Waals surface area contributed by atoms with Gasteiger partial charge in [0.25, 0.3) is 11.7 Å². The van der Waals surface area contributed by atoms with Gasteiger partial charge >= 0.3 is 0 Å². The molecule has 0 spiro atoms. The first-order chi connectivity index (χ1) is 16.7. The summed E-state index contributed by atoms with van der Waals surface area (Å²) < 4.78 is 5.28. The molecule has 0 saturated carbocycles. The first-order valence-corrected chi connectivity index (χ1v) is 11.6. The molecule has 3 aromatic rings. The predicted octanol–water partition coefficient (Wildman–Crippen LogP) is 5.51. The molecule has 1 amide bonds. The van der Waals surface area contributed by atoms with Crippen LogP contribution in [0.5, 0.6) is 5.75 Å². The van der Waals surface area contributed by atoms with Crippen LogP contribution in [-0.2, 0) is 9.59 Å². The largest absolute Gasteiger partial charge is 0.507 e. The Morgan fingerprint density at radius 2 is 1.63 bits per heavy atom. The van der Waals surface area contributed by atoms with Gasteiger partial charge in [-0.2, -0.15) is 0 Å². The van der Waals surface area contributed by atoms with Crippen LogP contribution in [-0.4, -0.2) is 38.0 Å². The highest BCUT2D eigenvalue weighted by molar-refractivity contribution is 6.51. The van der Waals surface area contributed by atoms with Crippen LogP contribution in [0.2, 0.25) is 0 Å². The maximum Gasteiger partial charge on any atom is 0.300 e. The third kappa shape index (κ3) is 4.52. The van der Waals surface area contributed by atoms with Crippen LogP contribution in [0.1, 0.15) is 42.5 Å². The van der Waals surface area contributed by atoms with Gasteiger partial charge < -0.3 is 14.7 Å². The first-order valence-electron chi connectivity index (χ1n) is 11.6. The summed E-state index contributed by atoms with van der Waals surface area (Å²) in [6.07, 6.45) is 0.